The molecule has 1 aliphatic rings. The van der Waals surface area contributed by atoms with E-state index in [0.717, 1.165) is 5.56 Å². The average Bonchev–Trinajstić information content (AvgIpc) is 3.11. The number of amides is 1. The molecular weight excluding hydrogens is 371 g/mol. The first-order chi connectivity index (χ1) is 12.3. The third kappa shape index (κ3) is 4.24. The summed E-state index contributed by atoms with van der Waals surface area (Å²) in [6.45, 7) is 0.806. The summed E-state index contributed by atoms with van der Waals surface area (Å²) in [6.07, 6.45) is -0.637. The molecule has 0 aliphatic carbocycles. The van der Waals surface area contributed by atoms with Crippen molar-refractivity contribution in [1.29, 1.82) is 0 Å². The SMILES string of the molecule is O=C(C=Cc1ccccc1Cl)N1CCC(c2nnc(C(F)(F)F)o2)CC1. The summed E-state index contributed by atoms with van der Waals surface area (Å²) >= 11 is 6.03. The number of likely N-dealkylation sites (tertiary alicyclic amines) is 1. The average molecular weight is 386 g/mol. The second-order valence-corrected chi connectivity index (χ2v) is 6.30. The molecule has 0 bridgehead atoms. The molecule has 0 saturated carbocycles. The van der Waals surface area contributed by atoms with E-state index in [1.165, 1.54) is 6.08 Å². The Morgan fingerprint density at radius 2 is 1.92 bits per heavy atom. The van der Waals surface area contributed by atoms with Crippen LogP contribution in [0.3, 0.4) is 0 Å². The molecule has 0 unspecified atom stereocenters. The van der Waals surface area contributed by atoms with Crippen LogP contribution in [0.25, 0.3) is 6.08 Å². The van der Waals surface area contributed by atoms with Crippen LogP contribution in [-0.4, -0.2) is 34.1 Å². The van der Waals surface area contributed by atoms with Crippen LogP contribution in [0.15, 0.2) is 34.8 Å². The van der Waals surface area contributed by atoms with Gasteiger partial charge in [0.15, 0.2) is 0 Å². The molecule has 1 amide bonds. The fourth-order valence-electron chi connectivity index (χ4n) is 2.74. The van der Waals surface area contributed by atoms with Crippen molar-refractivity contribution < 1.29 is 22.4 Å². The molecule has 0 N–H and O–H groups in total. The zero-order valence-electron chi connectivity index (χ0n) is 13.5. The van der Waals surface area contributed by atoms with Crippen LogP contribution < -0.4 is 0 Å². The molecule has 0 spiro atoms. The molecule has 0 radical (unpaired) electrons. The highest BCUT2D eigenvalue weighted by Gasteiger charge is 2.39. The summed E-state index contributed by atoms with van der Waals surface area (Å²) < 4.78 is 42.3. The number of rotatable bonds is 3. The molecular formula is C17H15ClF3N3O2. The molecule has 2 aromatic rings. The van der Waals surface area contributed by atoms with Gasteiger partial charge in [0, 0.05) is 30.1 Å². The Kier molecular flexibility index (Phi) is 5.31. The molecule has 138 valence electrons. The number of piperidine rings is 1. The van der Waals surface area contributed by atoms with E-state index in [4.69, 9.17) is 16.0 Å². The maximum atomic E-state index is 12.5. The van der Waals surface area contributed by atoms with Gasteiger partial charge in [0.25, 0.3) is 0 Å². The number of alkyl halides is 3. The van der Waals surface area contributed by atoms with Gasteiger partial charge in [0.2, 0.25) is 11.8 Å². The number of halogens is 4. The largest absolute Gasteiger partial charge is 0.470 e. The monoisotopic (exact) mass is 385 g/mol. The lowest BCUT2D eigenvalue weighted by Gasteiger charge is -2.29. The molecule has 1 saturated heterocycles. The van der Waals surface area contributed by atoms with Gasteiger partial charge in [-0.15, -0.1) is 10.2 Å². The van der Waals surface area contributed by atoms with E-state index in [9.17, 15) is 18.0 Å². The van der Waals surface area contributed by atoms with E-state index in [1.54, 1.807) is 29.2 Å². The molecule has 1 aliphatic heterocycles. The van der Waals surface area contributed by atoms with Crippen LogP contribution in [-0.2, 0) is 11.0 Å². The maximum Gasteiger partial charge on any atom is 0.470 e. The first-order valence-electron chi connectivity index (χ1n) is 7.96. The van der Waals surface area contributed by atoms with Gasteiger partial charge in [-0.25, -0.2) is 0 Å². The Hall–Kier alpha value is -2.35. The van der Waals surface area contributed by atoms with Crippen molar-refractivity contribution in [2.24, 2.45) is 0 Å². The predicted molar refractivity (Wildman–Crippen MR) is 88.3 cm³/mol. The topological polar surface area (TPSA) is 59.2 Å². The smallest absolute Gasteiger partial charge is 0.417 e. The maximum absolute atomic E-state index is 12.5. The number of hydrogen-bond acceptors (Lipinski definition) is 4. The number of hydrogen-bond donors (Lipinski definition) is 0. The molecule has 1 fully saturated rings. The van der Waals surface area contributed by atoms with Crippen molar-refractivity contribution in [2.75, 3.05) is 13.1 Å². The Morgan fingerprint density at radius 1 is 1.23 bits per heavy atom. The lowest BCUT2D eigenvalue weighted by Crippen LogP contribution is -2.36. The normalized spacial score (nSPS) is 16.4. The highest BCUT2D eigenvalue weighted by Crippen LogP contribution is 2.32. The number of carbonyl (C=O) groups excluding carboxylic acids is 1. The summed E-state index contributed by atoms with van der Waals surface area (Å²) in [5, 5.41) is 7.08. The summed E-state index contributed by atoms with van der Waals surface area (Å²) in [5.74, 6) is -1.83. The molecule has 3 rings (SSSR count). The van der Waals surface area contributed by atoms with Crippen molar-refractivity contribution >= 4 is 23.6 Å². The van der Waals surface area contributed by atoms with Crippen LogP contribution in [0.4, 0.5) is 13.2 Å². The third-order valence-corrected chi connectivity index (χ3v) is 4.49. The Balaban J connectivity index is 1.57. The van der Waals surface area contributed by atoms with Gasteiger partial charge in [-0.2, -0.15) is 13.2 Å². The highest BCUT2D eigenvalue weighted by atomic mass is 35.5. The Bertz CT molecular complexity index is 812. The second-order valence-electron chi connectivity index (χ2n) is 5.90. The van der Waals surface area contributed by atoms with Gasteiger partial charge >= 0.3 is 12.1 Å². The van der Waals surface area contributed by atoms with Crippen molar-refractivity contribution in [2.45, 2.75) is 24.9 Å². The van der Waals surface area contributed by atoms with Crippen LogP contribution in [0.1, 0.15) is 36.1 Å². The molecule has 5 nitrogen and oxygen atoms in total. The van der Waals surface area contributed by atoms with E-state index in [2.05, 4.69) is 10.2 Å². The fraction of sp³-hybridized carbons (Fsp3) is 0.353. The lowest BCUT2D eigenvalue weighted by molar-refractivity contribution is -0.157. The summed E-state index contributed by atoms with van der Waals surface area (Å²) in [4.78, 5) is 13.9. The van der Waals surface area contributed by atoms with E-state index < -0.39 is 12.1 Å². The first kappa shape index (κ1) is 18.4. The van der Waals surface area contributed by atoms with Crippen molar-refractivity contribution in [3.05, 3.63) is 52.7 Å². The van der Waals surface area contributed by atoms with Crippen molar-refractivity contribution in [3.8, 4) is 0 Å². The third-order valence-electron chi connectivity index (χ3n) is 4.15. The van der Waals surface area contributed by atoms with Crippen LogP contribution >= 0.6 is 11.6 Å². The zero-order valence-corrected chi connectivity index (χ0v) is 14.3. The second kappa shape index (κ2) is 7.49. The minimum Gasteiger partial charge on any atom is -0.417 e. The Labute approximate surface area is 152 Å². The van der Waals surface area contributed by atoms with Crippen molar-refractivity contribution in [3.63, 3.8) is 0 Å². The van der Waals surface area contributed by atoms with Crippen LogP contribution in [0, 0.1) is 0 Å². The minimum atomic E-state index is -4.65. The van der Waals surface area contributed by atoms with Gasteiger partial charge in [-0.3, -0.25) is 4.79 Å². The van der Waals surface area contributed by atoms with Gasteiger partial charge in [-0.05, 0) is 30.5 Å². The molecule has 2 heterocycles. The van der Waals surface area contributed by atoms with E-state index in [0.29, 0.717) is 31.0 Å². The first-order valence-corrected chi connectivity index (χ1v) is 8.34. The molecule has 1 aromatic carbocycles. The number of benzene rings is 1. The molecule has 26 heavy (non-hydrogen) atoms. The zero-order chi connectivity index (χ0) is 18.7. The van der Waals surface area contributed by atoms with Gasteiger partial charge in [0.1, 0.15) is 0 Å². The van der Waals surface area contributed by atoms with Crippen molar-refractivity contribution in [1.82, 2.24) is 15.1 Å². The van der Waals surface area contributed by atoms with E-state index >= 15 is 0 Å². The van der Waals surface area contributed by atoms with Crippen LogP contribution in [0.5, 0.6) is 0 Å². The van der Waals surface area contributed by atoms with E-state index in [-0.39, 0.29) is 17.7 Å². The van der Waals surface area contributed by atoms with Gasteiger partial charge < -0.3 is 9.32 Å². The molecule has 1 aromatic heterocycles. The summed E-state index contributed by atoms with van der Waals surface area (Å²) in [6, 6.07) is 7.15. The lowest BCUT2D eigenvalue weighted by atomic mass is 9.97. The molecule has 9 heteroatoms. The predicted octanol–water partition coefficient (Wildman–Crippen LogP) is 4.16. The quantitative estimate of drug-likeness (QED) is 0.744. The van der Waals surface area contributed by atoms with Gasteiger partial charge in [-0.1, -0.05) is 29.8 Å². The minimum absolute atomic E-state index is 0.0315. The number of aromatic nitrogens is 2. The summed E-state index contributed by atoms with van der Waals surface area (Å²) in [7, 11) is 0. The summed E-state index contributed by atoms with van der Waals surface area (Å²) in [5.41, 5.74) is 0.739. The highest BCUT2D eigenvalue weighted by molar-refractivity contribution is 6.32. The fourth-order valence-corrected chi connectivity index (χ4v) is 2.94. The van der Waals surface area contributed by atoms with Gasteiger partial charge in [0.05, 0.1) is 0 Å². The van der Waals surface area contributed by atoms with Crippen LogP contribution in [0.2, 0.25) is 5.02 Å². The standard InChI is InChI=1S/C17H15ClF3N3O2/c18-13-4-2-1-3-11(13)5-6-14(25)24-9-7-12(8-10-24)15-22-23-16(26-15)17(19,20)21/h1-6,12H,7-10H2. The Morgan fingerprint density at radius 3 is 2.54 bits per heavy atom. The number of nitrogens with zero attached hydrogens (tertiary/aromatic N) is 3. The molecule has 0 atom stereocenters. The number of carbonyl (C=O) groups is 1. The van der Waals surface area contributed by atoms with E-state index in [1.807, 2.05) is 6.07 Å².